The second-order valence-corrected chi connectivity index (χ2v) is 6.47. The average Bonchev–Trinajstić information content (AvgIpc) is 2.89. The molecule has 0 aromatic heterocycles. The molecule has 1 aromatic carbocycles. The van der Waals surface area contributed by atoms with Crippen molar-refractivity contribution >= 4 is 17.4 Å². The second kappa shape index (κ2) is 6.61. The molecule has 1 aliphatic heterocycles. The Balaban J connectivity index is 2.33. The predicted octanol–water partition coefficient (Wildman–Crippen LogP) is 2.91. The van der Waals surface area contributed by atoms with Crippen molar-refractivity contribution in [2.24, 2.45) is 0 Å². The third-order valence-corrected chi connectivity index (χ3v) is 4.28. The van der Waals surface area contributed by atoms with Crippen molar-refractivity contribution in [3.05, 3.63) is 53.7 Å². The van der Waals surface area contributed by atoms with Crippen LogP contribution in [-0.2, 0) is 15.2 Å². The van der Waals surface area contributed by atoms with Gasteiger partial charge in [-0.3, -0.25) is 9.69 Å². The molecule has 1 heterocycles. The van der Waals surface area contributed by atoms with E-state index >= 15 is 0 Å². The van der Waals surface area contributed by atoms with E-state index in [1.165, 1.54) is 4.90 Å². The molecular formula is C19H23NO4. The molecule has 2 rings (SSSR count). The van der Waals surface area contributed by atoms with E-state index < -0.39 is 17.6 Å². The summed E-state index contributed by atoms with van der Waals surface area (Å²) in [5.74, 6) is -1.38. The van der Waals surface area contributed by atoms with Gasteiger partial charge in [-0.1, -0.05) is 36.9 Å². The highest BCUT2D eigenvalue weighted by Crippen LogP contribution is 2.31. The number of carboxylic acid groups (broad SMARTS) is 1. The van der Waals surface area contributed by atoms with Crippen LogP contribution >= 0.6 is 0 Å². The number of likely N-dealkylation sites (tertiary alicyclic amines) is 1. The van der Waals surface area contributed by atoms with Crippen molar-refractivity contribution in [2.75, 3.05) is 0 Å². The molecule has 24 heavy (non-hydrogen) atoms. The van der Waals surface area contributed by atoms with Gasteiger partial charge in [0.25, 0.3) is 5.91 Å². The highest BCUT2D eigenvalue weighted by atomic mass is 16.4. The van der Waals surface area contributed by atoms with E-state index in [-0.39, 0.29) is 5.91 Å². The van der Waals surface area contributed by atoms with Gasteiger partial charge in [-0.15, -0.1) is 0 Å². The molecule has 1 aliphatic rings. The number of allylic oxidation sites excluding steroid dienone is 2. The summed E-state index contributed by atoms with van der Waals surface area (Å²) < 4.78 is 0. The topological polar surface area (TPSA) is 77.8 Å². The number of aliphatic hydroxyl groups is 1. The third-order valence-electron chi connectivity index (χ3n) is 4.28. The van der Waals surface area contributed by atoms with Crippen LogP contribution in [-0.4, -0.2) is 33.0 Å². The zero-order valence-corrected chi connectivity index (χ0v) is 14.2. The lowest BCUT2D eigenvalue weighted by Gasteiger charge is -2.24. The van der Waals surface area contributed by atoms with E-state index in [2.05, 4.69) is 6.58 Å². The van der Waals surface area contributed by atoms with E-state index in [1.807, 2.05) is 0 Å². The summed E-state index contributed by atoms with van der Waals surface area (Å²) in [6.07, 6.45) is 2.55. The van der Waals surface area contributed by atoms with Gasteiger partial charge in [0.15, 0.2) is 0 Å². The number of hydrogen-bond acceptors (Lipinski definition) is 3. The SMILES string of the molecule is C=C1CCC(C(=O)O)N1C(=O)/C(=C\C)c1ccc(C(C)(C)O)cc1. The van der Waals surface area contributed by atoms with Gasteiger partial charge in [0, 0.05) is 11.3 Å². The number of carbonyl (C=O) groups is 2. The van der Waals surface area contributed by atoms with Gasteiger partial charge in [0.1, 0.15) is 6.04 Å². The molecule has 0 spiro atoms. The first-order chi connectivity index (χ1) is 11.2. The van der Waals surface area contributed by atoms with Crippen LogP contribution in [0.25, 0.3) is 5.57 Å². The molecule has 0 radical (unpaired) electrons. The summed E-state index contributed by atoms with van der Waals surface area (Å²) in [5.41, 5.74) is 1.41. The fourth-order valence-corrected chi connectivity index (χ4v) is 2.89. The van der Waals surface area contributed by atoms with Crippen LogP contribution in [0.15, 0.2) is 42.6 Å². The minimum absolute atomic E-state index is 0.358. The average molecular weight is 329 g/mol. The van der Waals surface area contributed by atoms with Crippen LogP contribution < -0.4 is 0 Å². The third kappa shape index (κ3) is 3.41. The maximum atomic E-state index is 12.9. The number of carboxylic acids is 1. The molecule has 1 aromatic rings. The Morgan fingerprint density at radius 2 is 1.88 bits per heavy atom. The van der Waals surface area contributed by atoms with Crippen molar-refractivity contribution in [1.29, 1.82) is 0 Å². The van der Waals surface area contributed by atoms with E-state index in [0.717, 1.165) is 5.56 Å². The van der Waals surface area contributed by atoms with Crippen molar-refractivity contribution in [1.82, 2.24) is 4.90 Å². The summed E-state index contributed by atoms with van der Waals surface area (Å²) >= 11 is 0. The lowest BCUT2D eigenvalue weighted by atomic mass is 9.95. The van der Waals surface area contributed by atoms with Gasteiger partial charge in [0.2, 0.25) is 0 Å². The number of carbonyl (C=O) groups excluding carboxylic acids is 1. The highest BCUT2D eigenvalue weighted by molar-refractivity contribution is 6.20. The number of hydrogen-bond donors (Lipinski definition) is 2. The van der Waals surface area contributed by atoms with Crippen molar-refractivity contribution in [3.63, 3.8) is 0 Å². The summed E-state index contributed by atoms with van der Waals surface area (Å²) in [5, 5.41) is 19.3. The lowest BCUT2D eigenvalue weighted by molar-refractivity contribution is -0.145. The smallest absolute Gasteiger partial charge is 0.326 e. The number of amides is 1. The van der Waals surface area contributed by atoms with Gasteiger partial charge in [0.05, 0.1) is 5.60 Å². The molecule has 0 saturated carbocycles. The van der Waals surface area contributed by atoms with Gasteiger partial charge < -0.3 is 10.2 Å². The second-order valence-electron chi connectivity index (χ2n) is 6.47. The van der Waals surface area contributed by atoms with Crippen molar-refractivity contribution in [2.45, 2.75) is 45.3 Å². The Bertz CT molecular complexity index is 695. The molecule has 1 amide bonds. The monoisotopic (exact) mass is 329 g/mol. The summed E-state index contributed by atoms with van der Waals surface area (Å²) in [6, 6.07) is 6.18. The fourth-order valence-electron chi connectivity index (χ4n) is 2.89. The summed E-state index contributed by atoms with van der Waals surface area (Å²) in [7, 11) is 0. The van der Waals surface area contributed by atoms with Gasteiger partial charge in [-0.2, -0.15) is 0 Å². The number of aliphatic carboxylic acids is 1. The van der Waals surface area contributed by atoms with E-state index in [0.29, 0.717) is 29.7 Å². The minimum atomic E-state index is -1.02. The summed E-state index contributed by atoms with van der Waals surface area (Å²) in [4.78, 5) is 25.5. The van der Waals surface area contributed by atoms with Crippen molar-refractivity contribution < 1.29 is 19.8 Å². The Labute approximate surface area is 141 Å². The maximum Gasteiger partial charge on any atom is 0.326 e. The first kappa shape index (κ1) is 17.9. The first-order valence-corrected chi connectivity index (χ1v) is 7.90. The van der Waals surface area contributed by atoms with E-state index in [4.69, 9.17) is 0 Å². The number of nitrogens with zero attached hydrogens (tertiary/aromatic N) is 1. The molecule has 1 atom stereocenters. The predicted molar refractivity (Wildman–Crippen MR) is 92.0 cm³/mol. The van der Waals surface area contributed by atoms with Crippen LogP contribution in [0.2, 0.25) is 0 Å². The molecule has 128 valence electrons. The number of benzene rings is 1. The molecule has 1 fully saturated rings. The first-order valence-electron chi connectivity index (χ1n) is 7.90. The standard InChI is InChI=1S/C19H23NO4/c1-5-15(13-7-9-14(10-8-13)19(3,4)24)17(21)20-12(2)6-11-16(20)18(22)23/h5,7-10,16,24H,2,6,11H2,1,3-4H3,(H,22,23)/b15-5-. The molecule has 1 unspecified atom stereocenters. The fraction of sp³-hybridized carbons (Fsp3) is 0.368. The lowest BCUT2D eigenvalue weighted by Crippen LogP contribution is -2.39. The molecule has 5 nitrogen and oxygen atoms in total. The largest absolute Gasteiger partial charge is 0.480 e. The Kier molecular flexibility index (Phi) is 4.94. The van der Waals surface area contributed by atoms with Crippen LogP contribution in [0.3, 0.4) is 0 Å². The minimum Gasteiger partial charge on any atom is -0.480 e. The van der Waals surface area contributed by atoms with Gasteiger partial charge in [-0.25, -0.2) is 4.79 Å². The van der Waals surface area contributed by atoms with Crippen molar-refractivity contribution in [3.8, 4) is 0 Å². The Hall–Kier alpha value is -2.40. The van der Waals surface area contributed by atoms with Crippen LogP contribution in [0.5, 0.6) is 0 Å². The van der Waals surface area contributed by atoms with E-state index in [1.54, 1.807) is 51.1 Å². The highest BCUT2D eigenvalue weighted by Gasteiger charge is 2.38. The summed E-state index contributed by atoms with van der Waals surface area (Å²) in [6.45, 7) is 8.95. The Morgan fingerprint density at radius 1 is 1.29 bits per heavy atom. The molecule has 2 N–H and O–H groups in total. The Morgan fingerprint density at radius 3 is 2.33 bits per heavy atom. The zero-order chi connectivity index (χ0) is 18.1. The van der Waals surface area contributed by atoms with Crippen LogP contribution in [0.1, 0.15) is 44.7 Å². The zero-order valence-electron chi connectivity index (χ0n) is 14.2. The molecular weight excluding hydrogens is 306 g/mol. The molecule has 5 heteroatoms. The maximum absolute atomic E-state index is 12.9. The van der Waals surface area contributed by atoms with Gasteiger partial charge >= 0.3 is 5.97 Å². The number of rotatable bonds is 4. The normalized spacial score (nSPS) is 18.8. The van der Waals surface area contributed by atoms with Gasteiger partial charge in [-0.05, 0) is 44.7 Å². The molecule has 0 aliphatic carbocycles. The van der Waals surface area contributed by atoms with E-state index in [9.17, 15) is 19.8 Å². The quantitative estimate of drug-likeness (QED) is 0.833. The van der Waals surface area contributed by atoms with Crippen LogP contribution in [0, 0.1) is 0 Å². The van der Waals surface area contributed by atoms with Crippen LogP contribution in [0.4, 0.5) is 0 Å². The molecule has 1 saturated heterocycles. The molecule has 0 bridgehead atoms.